The lowest BCUT2D eigenvalue weighted by molar-refractivity contribution is -0.131. The summed E-state index contributed by atoms with van der Waals surface area (Å²) in [7, 11) is 0. The number of azide groups is 1. The summed E-state index contributed by atoms with van der Waals surface area (Å²) in [6.07, 6.45) is 7.26. The van der Waals surface area contributed by atoms with Crippen LogP contribution in [0, 0.1) is 0 Å². The molecule has 0 saturated carbocycles. The van der Waals surface area contributed by atoms with Gasteiger partial charge in [-0.3, -0.25) is 4.79 Å². The molecular weight excluding hydrogens is 264 g/mol. The maximum absolute atomic E-state index is 11.2. The minimum atomic E-state index is -0.742. The van der Waals surface area contributed by atoms with Gasteiger partial charge in [0.25, 0.3) is 5.91 Å². The SMILES string of the molecule is CC1(CCCCc2nc(C(=O)N=[N+]=[N-])co2)OC=CO1. The quantitative estimate of drug-likeness (QED) is 0.343. The second-order valence-electron chi connectivity index (χ2n) is 4.47. The minimum Gasteiger partial charge on any atom is -0.457 e. The van der Waals surface area contributed by atoms with Crippen LogP contribution in [0.25, 0.3) is 10.4 Å². The third-order valence-electron chi connectivity index (χ3n) is 2.87. The molecule has 2 rings (SSSR count). The van der Waals surface area contributed by atoms with E-state index in [1.807, 2.05) is 6.92 Å². The summed E-state index contributed by atoms with van der Waals surface area (Å²) in [6.45, 7) is 1.87. The van der Waals surface area contributed by atoms with E-state index in [0.717, 1.165) is 19.3 Å². The molecule has 0 unspecified atom stereocenters. The number of hydrogen-bond donors (Lipinski definition) is 0. The van der Waals surface area contributed by atoms with Crippen LogP contribution < -0.4 is 0 Å². The van der Waals surface area contributed by atoms with E-state index in [4.69, 9.17) is 19.4 Å². The van der Waals surface area contributed by atoms with Gasteiger partial charge in [-0.15, -0.1) is 0 Å². The van der Waals surface area contributed by atoms with Crippen LogP contribution in [0.2, 0.25) is 0 Å². The molecule has 8 heteroatoms. The molecule has 1 aliphatic rings. The van der Waals surface area contributed by atoms with Gasteiger partial charge >= 0.3 is 0 Å². The molecule has 1 aliphatic heterocycles. The Kier molecular flexibility index (Phi) is 4.27. The summed E-state index contributed by atoms with van der Waals surface area (Å²) >= 11 is 0. The highest BCUT2D eigenvalue weighted by atomic mass is 16.7. The second kappa shape index (κ2) is 6.12. The number of ether oxygens (including phenoxy) is 2. The lowest BCUT2D eigenvalue weighted by Gasteiger charge is -2.22. The van der Waals surface area contributed by atoms with Crippen molar-refractivity contribution >= 4 is 5.91 Å². The second-order valence-corrected chi connectivity index (χ2v) is 4.47. The van der Waals surface area contributed by atoms with Gasteiger partial charge in [-0.05, 0) is 23.5 Å². The van der Waals surface area contributed by atoms with Crippen LogP contribution in [-0.4, -0.2) is 16.7 Å². The average Bonchev–Trinajstić information content (AvgIpc) is 3.05. The molecule has 0 saturated heterocycles. The fraction of sp³-hybridized carbons (Fsp3) is 0.500. The van der Waals surface area contributed by atoms with Crippen LogP contribution in [0.4, 0.5) is 0 Å². The van der Waals surface area contributed by atoms with Crippen molar-refractivity contribution in [3.8, 4) is 0 Å². The fourth-order valence-corrected chi connectivity index (χ4v) is 1.83. The van der Waals surface area contributed by atoms with E-state index in [0.29, 0.717) is 12.3 Å². The highest BCUT2D eigenvalue weighted by molar-refractivity contribution is 5.92. The van der Waals surface area contributed by atoms with Crippen LogP contribution in [0.5, 0.6) is 0 Å². The number of aromatic nitrogens is 1. The van der Waals surface area contributed by atoms with Gasteiger partial charge in [-0.1, -0.05) is 0 Å². The molecule has 0 fully saturated rings. The van der Waals surface area contributed by atoms with Crippen LogP contribution in [0.3, 0.4) is 0 Å². The molecule has 0 aliphatic carbocycles. The molecule has 0 aromatic carbocycles. The maximum atomic E-state index is 11.2. The highest BCUT2D eigenvalue weighted by Crippen LogP contribution is 2.25. The Morgan fingerprint density at radius 3 is 2.90 bits per heavy atom. The van der Waals surface area contributed by atoms with Crippen LogP contribution >= 0.6 is 0 Å². The molecule has 8 nitrogen and oxygen atoms in total. The van der Waals surface area contributed by atoms with Gasteiger partial charge < -0.3 is 13.9 Å². The maximum Gasteiger partial charge on any atom is 0.270 e. The highest BCUT2D eigenvalue weighted by Gasteiger charge is 2.28. The predicted molar refractivity (Wildman–Crippen MR) is 67.2 cm³/mol. The summed E-state index contributed by atoms with van der Waals surface area (Å²) in [6, 6.07) is 0. The molecule has 0 radical (unpaired) electrons. The number of hydrogen-bond acceptors (Lipinski definition) is 5. The Balaban J connectivity index is 1.74. The first kappa shape index (κ1) is 14.0. The summed E-state index contributed by atoms with van der Waals surface area (Å²) < 4.78 is 15.8. The van der Waals surface area contributed by atoms with Gasteiger partial charge in [-0.2, -0.15) is 0 Å². The summed E-state index contributed by atoms with van der Waals surface area (Å²) in [5.41, 5.74) is 8.18. The minimum absolute atomic E-state index is 0.0245. The zero-order valence-electron chi connectivity index (χ0n) is 11.0. The molecule has 1 aromatic rings. The monoisotopic (exact) mass is 278 g/mol. The number of carbonyl (C=O) groups is 1. The van der Waals surface area contributed by atoms with Crippen LogP contribution in [0.15, 0.2) is 28.3 Å². The van der Waals surface area contributed by atoms with Crippen molar-refractivity contribution in [3.05, 3.63) is 40.8 Å². The van der Waals surface area contributed by atoms with Crippen molar-refractivity contribution < 1.29 is 18.7 Å². The van der Waals surface area contributed by atoms with E-state index in [2.05, 4.69) is 15.0 Å². The Bertz CT molecular complexity index is 552. The van der Waals surface area contributed by atoms with Crippen molar-refractivity contribution in [1.82, 2.24) is 4.98 Å². The van der Waals surface area contributed by atoms with Gasteiger partial charge in [0, 0.05) is 24.7 Å². The van der Waals surface area contributed by atoms with E-state index < -0.39 is 11.7 Å². The Morgan fingerprint density at radius 2 is 2.20 bits per heavy atom. The Labute approximate surface area is 115 Å². The van der Waals surface area contributed by atoms with Crippen molar-refractivity contribution in [2.24, 2.45) is 5.11 Å². The van der Waals surface area contributed by atoms with E-state index in [9.17, 15) is 4.79 Å². The number of aryl methyl sites for hydroxylation is 1. The zero-order valence-corrected chi connectivity index (χ0v) is 11.0. The van der Waals surface area contributed by atoms with Gasteiger partial charge in [0.2, 0.25) is 5.79 Å². The molecule has 0 atom stereocenters. The molecule has 0 bridgehead atoms. The normalized spacial score (nSPS) is 15.2. The smallest absolute Gasteiger partial charge is 0.270 e. The van der Waals surface area contributed by atoms with E-state index in [1.165, 1.54) is 18.8 Å². The number of rotatable bonds is 6. The topological polar surface area (TPSA) is 110 Å². The van der Waals surface area contributed by atoms with E-state index in [1.54, 1.807) is 0 Å². The molecule has 0 spiro atoms. The molecule has 1 aromatic heterocycles. The van der Waals surface area contributed by atoms with Crippen molar-refractivity contribution in [2.45, 2.75) is 38.4 Å². The molecule has 106 valence electrons. The zero-order chi connectivity index (χ0) is 14.4. The lowest BCUT2D eigenvalue weighted by Crippen LogP contribution is -2.24. The lowest BCUT2D eigenvalue weighted by atomic mass is 10.1. The summed E-state index contributed by atoms with van der Waals surface area (Å²) in [5.74, 6) is -0.883. The predicted octanol–water partition coefficient (Wildman–Crippen LogP) is 3.07. The van der Waals surface area contributed by atoms with E-state index in [-0.39, 0.29) is 5.69 Å². The van der Waals surface area contributed by atoms with Crippen molar-refractivity contribution in [1.29, 1.82) is 0 Å². The van der Waals surface area contributed by atoms with Crippen LogP contribution in [0.1, 0.15) is 42.6 Å². The van der Waals surface area contributed by atoms with E-state index >= 15 is 0 Å². The molecule has 20 heavy (non-hydrogen) atoms. The fourth-order valence-electron chi connectivity index (χ4n) is 1.83. The molecule has 0 N–H and O–H groups in total. The van der Waals surface area contributed by atoms with Gasteiger partial charge in [0.05, 0.1) is 0 Å². The van der Waals surface area contributed by atoms with Gasteiger partial charge in [0.1, 0.15) is 18.8 Å². The first-order valence-electron chi connectivity index (χ1n) is 6.17. The average molecular weight is 278 g/mol. The van der Waals surface area contributed by atoms with Crippen molar-refractivity contribution in [2.75, 3.05) is 0 Å². The molecular formula is C12H14N4O4. The number of nitrogens with zero attached hydrogens (tertiary/aromatic N) is 4. The number of amides is 1. The van der Waals surface area contributed by atoms with Crippen molar-refractivity contribution in [3.63, 3.8) is 0 Å². The van der Waals surface area contributed by atoms with Gasteiger partial charge in [-0.25, -0.2) is 4.98 Å². The third-order valence-corrected chi connectivity index (χ3v) is 2.87. The Hall–Kier alpha value is -2.47. The van der Waals surface area contributed by atoms with Gasteiger partial charge in [0.15, 0.2) is 11.6 Å². The Morgan fingerprint density at radius 1 is 1.45 bits per heavy atom. The van der Waals surface area contributed by atoms with Crippen LogP contribution in [-0.2, 0) is 15.9 Å². The first-order valence-corrected chi connectivity index (χ1v) is 6.17. The number of carbonyl (C=O) groups excluding carboxylic acids is 1. The summed E-state index contributed by atoms with van der Waals surface area (Å²) in [4.78, 5) is 17.6. The molecule has 1 amide bonds. The number of oxazole rings is 1. The largest absolute Gasteiger partial charge is 0.457 e. The third kappa shape index (κ3) is 3.52. The standard InChI is InChI=1S/C12H14N4O4/c1-12(19-6-7-20-12)5-3-2-4-10-14-9(8-18-10)11(17)15-16-13/h6-8H,2-5H2,1H3. The molecule has 2 heterocycles. The first-order chi connectivity index (χ1) is 9.63. The number of unbranched alkanes of at least 4 members (excludes halogenated alkanes) is 1. The summed E-state index contributed by atoms with van der Waals surface area (Å²) in [5, 5.41) is 2.95.